The molecule has 0 fully saturated rings. The van der Waals surface area contributed by atoms with Crippen molar-refractivity contribution in [2.75, 3.05) is 0 Å². The van der Waals surface area contributed by atoms with Crippen molar-refractivity contribution in [2.45, 2.75) is 12.5 Å². The highest BCUT2D eigenvalue weighted by Crippen LogP contribution is 2.20. The summed E-state index contributed by atoms with van der Waals surface area (Å²) in [5.41, 5.74) is 4.83. The van der Waals surface area contributed by atoms with Crippen molar-refractivity contribution in [3.63, 3.8) is 0 Å². The Bertz CT molecular complexity index is 496. The van der Waals surface area contributed by atoms with Gasteiger partial charge in [-0.15, -0.1) is 0 Å². The van der Waals surface area contributed by atoms with E-state index in [4.69, 9.17) is 17.4 Å². The van der Waals surface area contributed by atoms with Crippen LogP contribution in [0.2, 0.25) is 5.02 Å². The lowest BCUT2D eigenvalue weighted by Crippen LogP contribution is -2.29. The Kier molecular flexibility index (Phi) is 4.31. The van der Waals surface area contributed by atoms with Crippen molar-refractivity contribution in [2.24, 2.45) is 5.84 Å². The maximum absolute atomic E-state index is 12.8. The van der Waals surface area contributed by atoms with Crippen LogP contribution in [0.1, 0.15) is 17.2 Å². The Labute approximate surface area is 111 Å². The molecule has 18 heavy (non-hydrogen) atoms. The highest BCUT2D eigenvalue weighted by Gasteiger charge is 2.10. The minimum atomic E-state index is -0.234. The molecule has 0 aliphatic heterocycles. The van der Waals surface area contributed by atoms with Crippen molar-refractivity contribution in [1.82, 2.24) is 5.43 Å². The first-order valence-corrected chi connectivity index (χ1v) is 6.03. The molecule has 94 valence electrons. The third-order valence-corrected chi connectivity index (χ3v) is 3.08. The molecule has 4 heteroatoms. The summed E-state index contributed by atoms with van der Waals surface area (Å²) in [5.74, 6) is 5.33. The predicted octanol–water partition coefficient (Wildman–Crippen LogP) is 3.23. The molecule has 2 aromatic rings. The molecule has 0 aromatic heterocycles. The van der Waals surface area contributed by atoms with E-state index in [0.29, 0.717) is 11.4 Å². The van der Waals surface area contributed by atoms with Gasteiger partial charge in [0.1, 0.15) is 5.82 Å². The van der Waals surface area contributed by atoms with E-state index in [9.17, 15) is 4.39 Å². The van der Waals surface area contributed by atoms with E-state index in [2.05, 4.69) is 5.43 Å². The minimum absolute atomic E-state index is 0.0206. The maximum atomic E-state index is 12.8. The fourth-order valence-corrected chi connectivity index (χ4v) is 1.95. The average molecular weight is 265 g/mol. The molecule has 0 bridgehead atoms. The van der Waals surface area contributed by atoms with Gasteiger partial charge in [-0.3, -0.25) is 11.3 Å². The molecule has 0 aliphatic carbocycles. The fourth-order valence-electron chi connectivity index (χ4n) is 1.82. The molecule has 1 atom stereocenters. The predicted molar refractivity (Wildman–Crippen MR) is 71.6 cm³/mol. The number of hydrazine groups is 1. The summed E-state index contributed by atoms with van der Waals surface area (Å²) in [5, 5.41) is 0.691. The van der Waals surface area contributed by atoms with Gasteiger partial charge in [0.15, 0.2) is 0 Å². The van der Waals surface area contributed by atoms with E-state index >= 15 is 0 Å². The largest absolute Gasteiger partial charge is 0.271 e. The SMILES string of the molecule is NNC(Cc1ccc(F)cc1)c1ccc(Cl)cc1. The van der Waals surface area contributed by atoms with Gasteiger partial charge >= 0.3 is 0 Å². The summed E-state index contributed by atoms with van der Waals surface area (Å²) in [7, 11) is 0. The highest BCUT2D eigenvalue weighted by atomic mass is 35.5. The average Bonchev–Trinajstić information content (AvgIpc) is 2.39. The Hall–Kier alpha value is -1.42. The van der Waals surface area contributed by atoms with Crippen molar-refractivity contribution < 1.29 is 4.39 Å². The first-order chi connectivity index (χ1) is 8.69. The van der Waals surface area contributed by atoms with Gasteiger partial charge in [0.2, 0.25) is 0 Å². The summed E-state index contributed by atoms with van der Waals surface area (Å²) >= 11 is 5.84. The summed E-state index contributed by atoms with van der Waals surface area (Å²) in [6.45, 7) is 0. The fraction of sp³-hybridized carbons (Fsp3) is 0.143. The number of hydrogen-bond donors (Lipinski definition) is 2. The van der Waals surface area contributed by atoms with Gasteiger partial charge in [0, 0.05) is 11.1 Å². The molecule has 3 N–H and O–H groups in total. The van der Waals surface area contributed by atoms with Crippen LogP contribution in [0.15, 0.2) is 48.5 Å². The second-order valence-electron chi connectivity index (χ2n) is 4.10. The molecule has 2 nitrogen and oxygen atoms in total. The molecule has 0 aliphatic rings. The van der Waals surface area contributed by atoms with E-state index in [1.807, 2.05) is 24.3 Å². The van der Waals surface area contributed by atoms with Crippen molar-refractivity contribution >= 4 is 11.6 Å². The molecular weight excluding hydrogens is 251 g/mol. The molecule has 0 saturated heterocycles. The van der Waals surface area contributed by atoms with E-state index in [0.717, 1.165) is 11.1 Å². The lowest BCUT2D eigenvalue weighted by atomic mass is 9.99. The van der Waals surface area contributed by atoms with E-state index < -0.39 is 0 Å². The van der Waals surface area contributed by atoms with Gasteiger partial charge in [-0.2, -0.15) is 0 Å². The van der Waals surface area contributed by atoms with Gasteiger partial charge in [-0.25, -0.2) is 4.39 Å². The van der Waals surface area contributed by atoms with Crippen LogP contribution >= 0.6 is 11.6 Å². The van der Waals surface area contributed by atoms with Crippen LogP contribution < -0.4 is 11.3 Å². The van der Waals surface area contributed by atoms with Crippen LogP contribution in [-0.2, 0) is 6.42 Å². The zero-order valence-electron chi connectivity index (χ0n) is 9.74. The van der Waals surface area contributed by atoms with Crippen LogP contribution in [0.5, 0.6) is 0 Å². The molecule has 0 radical (unpaired) electrons. The number of benzene rings is 2. The molecular formula is C14H14ClFN2. The van der Waals surface area contributed by atoms with E-state index in [1.54, 1.807) is 12.1 Å². The van der Waals surface area contributed by atoms with Crippen LogP contribution in [0, 0.1) is 5.82 Å². The minimum Gasteiger partial charge on any atom is -0.271 e. The van der Waals surface area contributed by atoms with Gasteiger partial charge < -0.3 is 0 Å². The smallest absolute Gasteiger partial charge is 0.123 e. The molecule has 0 heterocycles. The van der Waals surface area contributed by atoms with Crippen molar-refractivity contribution in [1.29, 1.82) is 0 Å². The summed E-state index contributed by atoms with van der Waals surface area (Å²) in [4.78, 5) is 0. The normalized spacial score (nSPS) is 12.4. The Morgan fingerprint density at radius 1 is 1.06 bits per heavy atom. The number of halogens is 2. The van der Waals surface area contributed by atoms with Crippen LogP contribution in [0.25, 0.3) is 0 Å². The van der Waals surface area contributed by atoms with Gasteiger partial charge in [0.25, 0.3) is 0 Å². The lowest BCUT2D eigenvalue weighted by Gasteiger charge is -2.16. The lowest BCUT2D eigenvalue weighted by molar-refractivity contribution is 0.551. The van der Waals surface area contributed by atoms with Gasteiger partial charge in [-0.1, -0.05) is 35.9 Å². The molecule has 1 unspecified atom stereocenters. The molecule has 0 amide bonds. The first-order valence-electron chi connectivity index (χ1n) is 5.65. The second kappa shape index (κ2) is 5.96. The van der Waals surface area contributed by atoms with Gasteiger partial charge in [-0.05, 0) is 41.8 Å². The summed E-state index contributed by atoms with van der Waals surface area (Å²) in [6.07, 6.45) is 0.693. The van der Waals surface area contributed by atoms with Gasteiger partial charge in [0.05, 0.1) is 0 Å². The molecule has 2 aromatic carbocycles. The highest BCUT2D eigenvalue weighted by molar-refractivity contribution is 6.30. The standard InChI is InChI=1S/C14H14ClFN2/c15-12-5-3-11(4-6-12)14(18-17)9-10-1-7-13(16)8-2-10/h1-8,14,18H,9,17H2. The van der Waals surface area contributed by atoms with Crippen LogP contribution in [-0.4, -0.2) is 0 Å². The molecule has 2 rings (SSSR count). The Morgan fingerprint density at radius 3 is 2.22 bits per heavy atom. The maximum Gasteiger partial charge on any atom is 0.123 e. The number of nitrogens with two attached hydrogens (primary N) is 1. The summed E-state index contributed by atoms with van der Waals surface area (Å²) < 4.78 is 12.8. The van der Waals surface area contributed by atoms with Crippen molar-refractivity contribution in [3.05, 3.63) is 70.5 Å². The molecule has 0 saturated carbocycles. The topological polar surface area (TPSA) is 38.0 Å². The summed E-state index contributed by atoms with van der Waals surface area (Å²) in [6, 6.07) is 13.9. The zero-order valence-corrected chi connectivity index (χ0v) is 10.5. The third kappa shape index (κ3) is 3.29. The Balaban J connectivity index is 2.14. The second-order valence-corrected chi connectivity index (χ2v) is 4.54. The zero-order chi connectivity index (χ0) is 13.0. The first kappa shape index (κ1) is 13.0. The Morgan fingerprint density at radius 2 is 1.67 bits per heavy atom. The van der Waals surface area contributed by atoms with Crippen LogP contribution in [0.4, 0.5) is 4.39 Å². The van der Waals surface area contributed by atoms with Crippen LogP contribution in [0.3, 0.4) is 0 Å². The number of hydrogen-bond acceptors (Lipinski definition) is 2. The molecule has 0 spiro atoms. The quantitative estimate of drug-likeness (QED) is 0.657. The van der Waals surface area contributed by atoms with Crippen molar-refractivity contribution in [3.8, 4) is 0 Å². The van der Waals surface area contributed by atoms with E-state index in [-0.39, 0.29) is 11.9 Å². The number of nitrogens with one attached hydrogen (secondary N) is 1. The third-order valence-electron chi connectivity index (χ3n) is 2.83. The monoisotopic (exact) mass is 264 g/mol. The number of rotatable bonds is 4. The van der Waals surface area contributed by atoms with E-state index in [1.165, 1.54) is 12.1 Å².